The number of fused-ring (bicyclic) bond motifs is 1. The highest BCUT2D eigenvalue weighted by Gasteiger charge is 2.23. The number of carbonyl (C=O) groups excluding carboxylic acids is 1. The van der Waals surface area contributed by atoms with Gasteiger partial charge >= 0.3 is 6.03 Å². The van der Waals surface area contributed by atoms with Gasteiger partial charge in [0.2, 0.25) is 0 Å². The van der Waals surface area contributed by atoms with Gasteiger partial charge in [-0.1, -0.05) is 13.8 Å². The van der Waals surface area contributed by atoms with E-state index in [4.69, 9.17) is 4.74 Å². The average molecular weight is 395 g/mol. The fourth-order valence-electron chi connectivity index (χ4n) is 4.10. The minimum atomic E-state index is -0.0904. The molecule has 0 unspecified atom stereocenters. The lowest BCUT2D eigenvalue weighted by Crippen LogP contribution is -2.39. The molecule has 1 saturated heterocycles. The number of pyridine rings is 1. The fourth-order valence-corrected chi connectivity index (χ4v) is 4.10. The molecule has 1 aromatic heterocycles. The van der Waals surface area contributed by atoms with Crippen LogP contribution in [0.15, 0.2) is 42.7 Å². The van der Waals surface area contributed by atoms with Gasteiger partial charge < -0.3 is 19.9 Å². The van der Waals surface area contributed by atoms with Gasteiger partial charge in [0.1, 0.15) is 11.9 Å². The molecule has 154 valence electrons. The van der Waals surface area contributed by atoms with Gasteiger partial charge in [-0.15, -0.1) is 0 Å². The van der Waals surface area contributed by atoms with Gasteiger partial charge in [0.25, 0.3) is 0 Å². The molecule has 1 N–H and O–H groups in total. The second-order valence-corrected chi connectivity index (χ2v) is 8.47. The Bertz CT molecular complexity index is 804. The number of benzene rings is 1. The summed E-state index contributed by atoms with van der Waals surface area (Å²) in [5.74, 6) is 1.58. The van der Waals surface area contributed by atoms with Gasteiger partial charge in [0, 0.05) is 50.8 Å². The van der Waals surface area contributed by atoms with E-state index in [1.165, 1.54) is 12.1 Å². The van der Waals surface area contributed by atoms with Crippen molar-refractivity contribution in [2.24, 2.45) is 5.92 Å². The van der Waals surface area contributed by atoms with E-state index >= 15 is 0 Å². The maximum atomic E-state index is 12.6. The number of urea groups is 1. The van der Waals surface area contributed by atoms with Crippen molar-refractivity contribution >= 4 is 11.7 Å². The molecule has 2 aromatic rings. The Morgan fingerprint density at radius 2 is 1.86 bits per heavy atom. The molecule has 29 heavy (non-hydrogen) atoms. The van der Waals surface area contributed by atoms with Gasteiger partial charge in [-0.2, -0.15) is 0 Å². The minimum absolute atomic E-state index is 0.0904. The number of hydrogen-bond donors (Lipinski definition) is 1. The van der Waals surface area contributed by atoms with E-state index in [-0.39, 0.29) is 12.1 Å². The molecule has 0 saturated carbocycles. The Balaban J connectivity index is 1.25. The molecule has 0 spiro atoms. The number of nitrogens with one attached hydrogen (secondary N) is 1. The lowest BCUT2D eigenvalue weighted by atomic mass is 10.1. The molecule has 4 rings (SSSR count). The summed E-state index contributed by atoms with van der Waals surface area (Å²) in [6.07, 6.45) is 6.01. The monoisotopic (exact) mass is 394 g/mol. The summed E-state index contributed by atoms with van der Waals surface area (Å²) in [7, 11) is 0. The number of hydrogen-bond acceptors (Lipinski definition) is 4. The predicted molar refractivity (Wildman–Crippen MR) is 114 cm³/mol. The Hall–Kier alpha value is -2.60. The first-order chi connectivity index (χ1) is 14.1. The van der Waals surface area contributed by atoms with E-state index < -0.39 is 0 Å². The smallest absolute Gasteiger partial charge is 0.322 e. The van der Waals surface area contributed by atoms with Crippen LogP contribution < -0.4 is 10.1 Å². The molecule has 2 aliphatic heterocycles. The number of rotatable bonds is 5. The van der Waals surface area contributed by atoms with E-state index in [2.05, 4.69) is 29.0 Å². The third kappa shape index (κ3) is 5.07. The first-order valence-electron chi connectivity index (χ1n) is 10.5. The molecule has 6 heteroatoms. The van der Waals surface area contributed by atoms with Crippen LogP contribution in [0.25, 0.3) is 0 Å². The van der Waals surface area contributed by atoms with Crippen molar-refractivity contribution in [1.82, 2.24) is 14.8 Å². The number of nitrogens with zero attached hydrogens (tertiary/aromatic N) is 3. The predicted octanol–water partition coefficient (Wildman–Crippen LogP) is 4.13. The molecule has 3 heterocycles. The fraction of sp³-hybridized carbons (Fsp3) is 0.478. The maximum absolute atomic E-state index is 12.6. The highest BCUT2D eigenvalue weighted by atomic mass is 16.5. The van der Waals surface area contributed by atoms with Crippen molar-refractivity contribution in [3.05, 3.63) is 53.9 Å². The second kappa shape index (κ2) is 8.82. The third-order valence-electron chi connectivity index (χ3n) is 5.58. The van der Waals surface area contributed by atoms with Crippen LogP contribution in [-0.2, 0) is 13.1 Å². The molecule has 1 aromatic carbocycles. The number of amides is 2. The van der Waals surface area contributed by atoms with Crippen molar-refractivity contribution in [1.29, 1.82) is 0 Å². The summed E-state index contributed by atoms with van der Waals surface area (Å²) in [5.41, 5.74) is 3.06. The van der Waals surface area contributed by atoms with Crippen LogP contribution in [0.3, 0.4) is 0 Å². The first kappa shape index (κ1) is 19.7. The van der Waals surface area contributed by atoms with Crippen LogP contribution in [-0.4, -0.2) is 46.6 Å². The van der Waals surface area contributed by atoms with Crippen molar-refractivity contribution in [2.45, 2.75) is 45.9 Å². The van der Waals surface area contributed by atoms with Crippen LogP contribution in [0, 0.1) is 5.92 Å². The zero-order valence-electron chi connectivity index (χ0n) is 17.3. The average Bonchev–Trinajstić information content (AvgIpc) is 3.15. The number of ether oxygens (including phenoxy) is 1. The summed E-state index contributed by atoms with van der Waals surface area (Å²) in [6, 6.07) is 9.59. The Morgan fingerprint density at radius 3 is 2.55 bits per heavy atom. The standard InChI is InChI=1S/C23H30N4O2/c1-17(2)14-26-11-8-22(9-12-26)29-21-5-3-20(4-6-21)25-23(28)27-15-18-7-10-24-13-19(18)16-27/h3-7,10,13,17,22H,8-9,11-12,14-16H2,1-2H3,(H,25,28). The van der Waals surface area contributed by atoms with Gasteiger partial charge in [-0.25, -0.2) is 4.79 Å². The zero-order valence-corrected chi connectivity index (χ0v) is 17.3. The number of aromatic nitrogens is 1. The number of anilines is 1. The van der Waals surface area contributed by atoms with E-state index in [1.54, 1.807) is 11.1 Å². The van der Waals surface area contributed by atoms with Gasteiger partial charge in [-0.05, 0) is 60.2 Å². The summed E-state index contributed by atoms with van der Waals surface area (Å²) < 4.78 is 6.15. The molecule has 1 fully saturated rings. The largest absolute Gasteiger partial charge is 0.490 e. The van der Waals surface area contributed by atoms with Crippen LogP contribution in [0.4, 0.5) is 10.5 Å². The Labute approximate surface area is 172 Å². The molecule has 0 atom stereocenters. The summed E-state index contributed by atoms with van der Waals surface area (Å²) in [6.45, 7) is 9.13. The Kier molecular flexibility index (Phi) is 6.00. The molecule has 2 aliphatic rings. The lowest BCUT2D eigenvalue weighted by molar-refractivity contribution is 0.0941. The quantitative estimate of drug-likeness (QED) is 0.828. The number of carbonyl (C=O) groups is 1. The van der Waals surface area contributed by atoms with Crippen molar-refractivity contribution < 1.29 is 9.53 Å². The summed E-state index contributed by atoms with van der Waals surface area (Å²) >= 11 is 0. The molecule has 2 amide bonds. The summed E-state index contributed by atoms with van der Waals surface area (Å²) in [5, 5.41) is 2.98. The highest BCUT2D eigenvalue weighted by molar-refractivity contribution is 5.89. The molecule has 0 aliphatic carbocycles. The lowest BCUT2D eigenvalue weighted by Gasteiger charge is -2.33. The van der Waals surface area contributed by atoms with Crippen LogP contribution in [0.2, 0.25) is 0 Å². The minimum Gasteiger partial charge on any atom is -0.490 e. The molecule has 0 radical (unpaired) electrons. The maximum Gasteiger partial charge on any atom is 0.322 e. The van der Waals surface area contributed by atoms with Crippen molar-refractivity contribution in [3.63, 3.8) is 0 Å². The van der Waals surface area contributed by atoms with Crippen molar-refractivity contribution in [2.75, 3.05) is 25.0 Å². The normalized spacial score (nSPS) is 17.4. The molecular weight excluding hydrogens is 364 g/mol. The van der Waals surface area contributed by atoms with Crippen LogP contribution in [0.5, 0.6) is 5.75 Å². The van der Waals surface area contributed by atoms with Gasteiger partial charge in [0.15, 0.2) is 0 Å². The molecule has 0 bridgehead atoms. The SMILES string of the molecule is CC(C)CN1CCC(Oc2ccc(NC(=O)N3Cc4ccncc4C3)cc2)CC1. The first-order valence-corrected chi connectivity index (χ1v) is 10.5. The Morgan fingerprint density at radius 1 is 1.14 bits per heavy atom. The van der Waals surface area contributed by atoms with E-state index in [9.17, 15) is 4.79 Å². The van der Waals surface area contributed by atoms with Gasteiger partial charge in [0.05, 0.1) is 0 Å². The molecule has 6 nitrogen and oxygen atoms in total. The van der Waals surface area contributed by atoms with E-state index in [0.29, 0.717) is 19.0 Å². The topological polar surface area (TPSA) is 57.7 Å². The van der Waals surface area contributed by atoms with Crippen molar-refractivity contribution in [3.8, 4) is 5.75 Å². The number of piperidine rings is 1. The van der Waals surface area contributed by atoms with Crippen LogP contribution >= 0.6 is 0 Å². The van der Waals surface area contributed by atoms with Crippen LogP contribution in [0.1, 0.15) is 37.8 Å². The zero-order chi connectivity index (χ0) is 20.2. The highest BCUT2D eigenvalue weighted by Crippen LogP contribution is 2.24. The van der Waals surface area contributed by atoms with E-state index in [1.807, 2.05) is 36.5 Å². The summed E-state index contributed by atoms with van der Waals surface area (Å²) in [4.78, 5) is 21.0. The van der Waals surface area contributed by atoms with E-state index in [0.717, 1.165) is 42.9 Å². The third-order valence-corrected chi connectivity index (χ3v) is 5.58. The second-order valence-electron chi connectivity index (χ2n) is 8.47. The number of likely N-dealkylation sites (tertiary alicyclic amines) is 1. The molecular formula is C23H30N4O2. The van der Waals surface area contributed by atoms with Gasteiger partial charge in [-0.3, -0.25) is 4.98 Å².